The molecular weight excluding hydrogens is 287 g/mol. The Morgan fingerprint density at radius 1 is 1.29 bits per heavy atom. The molecule has 1 heterocycles. The Morgan fingerprint density at radius 2 is 1.95 bits per heavy atom. The van der Waals surface area contributed by atoms with Crippen LogP contribution in [0.15, 0.2) is 24.3 Å². The molecule has 0 spiro atoms. The number of nitrogens with zero attached hydrogens (tertiary/aromatic N) is 1. The summed E-state index contributed by atoms with van der Waals surface area (Å²) in [5.41, 5.74) is -0.916. The molecule has 1 atom stereocenters. The summed E-state index contributed by atoms with van der Waals surface area (Å²) in [6, 6.07) is 4.92. The molecule has 1 amide bonds. The molecule has 1 saturated heterocycles. The molecule has 2 rings (SSSR count). The largest absolute Gasteiger partial charge is 0.481 e. The van der Waals surface area contributed by atoms with Crippen LogP contribution in [0.5, 0.6) is 0 Å². The first-order valence-corrected chi connectivity index (χ1v) is 6.44. The Bertz CT molecular complexity index is 557. The Kier molecular flexibility index (Phi) is 4.20. The molecule has 1 N–H and O–H groups in total. The number of carbonyl (C=O) groups excluding carboxylic acids is 1. The zero-order valence-electron chi connectivity index (χ0n) is 11.1. The van der Waals surface area contributed by atoms with E-state index in [1.165, 1.54) is 23.1 Å². The molecule has 4 nitrogen and oxygen atoms in total. The highest BCUT2D eigenvalue weighted by Gasteiger charge is 2.35. The van der Waals surface area contributed by atoms with Gasteiger partial charge in [-0.2, -0.15) is 13.2 Å². The van der Waals surface area contributed by atoms with Gasteiger partial charge in [0.1, 0.15) is 0 Å². The van der Waals surface area contributed by atoms with Crippen molar-refractivity contribution in [1.29, 1.82) is 0 Å². The number of carboxylic acid groups (broad SMARTS) is 1. The standard InChI is InChI=1S/C14H14F3NO3/c15-14(16,17)11-4-2-1-3-9(11)7-12(19)18-6-5-10(8-18)13(20)21/h1-4,10H,5-8H2,(H,20,21)/t10-/m0/s1. The van der Waals surface area contributed by atoms with Crippen molar-refractivity contribution in [3.8, 4) is 0 Å². The van der Waals surface area contributed by atoms with Crippen LogP contribution in [0.4, 0.5) is 13.2 Å². The lowest BCUT2D eigenvalue weighted by molar-refractivity contribution is -0.141. The minimum atomic E-state index is -4.51. The summed E-state index contributed by atoms with van der Waals surface area (Å²) in [5.74, 6) is -2.09. The number of hydrogen-bond donors (Lipinski definition) is 1. The van der Waals surface area contributed by atoms with E-state index in [1.54, 1.807) is 0 Å². The van der Waals surface area contributed by atoms with Crippen molar-refractivity contribution in [2.75, 3.05) is 13.1 Å². The van der Waals surface area contributed by atoms with Crippen molar-refractivity contribution in [3.05, 3.63) is 35.4 Å². The van der Waals surface area contributed by atoms with Crippen molar-refractivity contribution < 1.29 is 27.9 Å². The van der Waals surface area contributed by atoms with E-state index >= 15 is 0 Å². The maximum atomic E-state index is 12.8. The van der Waals surface area contributed by atoms with Gasteiger partial charge in [0.2, 0.25) is 5.91 Å². The SMILES string of the molecule is O=C(O)[C@H]1CCN(C(=O)Cc2ccccc2C(F)(F)F)C1. The zero-order valence-corrected chi connectivity index (χ0v) is 11.1. The van der Waals surface area contributed by atoms with Crippen LogP contribution in [-0.4, -0.2) is 35.0 Å². The van der Waals surface area contributed by atoms with E-state index in [-0.39, 0.29) is 25.1 Å². The number of carboxylic acids is 1. The van der Waals surface area contributed by atoms with Crippen LogP contribution in [-0.2, 0) is 22.2 Å². The molecule has 0 aromatic heterocycles. The number of benzene rings is 1. The highest BCUT2D eigenvalue weighted by molar-refractivity contribution is 5.81. The van der Waals surface area contributed by atoms with Gasteiger partial charge in [0.05, 0.1) is 17.9 Å². The smallest absolute Gasteiger partial charge is 0.416 e. The summed E-state index contributed by atoms with van der Waals surface area (Å²) < 4.78 is 38.5. The second kappa shape index (κ2) is 5.75. The van der Waals surface area contributed by atoms with E-state index < -0.39 is 29.5 Å². The van der Waals surface area contributed by atoms with Crippen LogP contribution >= 0.6 is 0 Å². The lowest BCUT2D eigenvalue weighted by Gasteiger charge is -2.18. The van der Waals surface area contributed by atoms with Crippen molar-refractivity contribution >= 4 is 11.9 Å². The number of halogens is 3. The Hall–Kier alpha value is -2.05. The Balaban J connectivity index is 2.09. The highest BCUT2D eigenvalue weighted by Crippen LogP contribution is 2.32. The van der Waals surface area contributed by atoms with Gasteiger partial charge in [-0.15, -0.1) is 0 Å². The average Bonchev–Trinajstić information content (AvgIpc) is 2.88. The number of alkyl halides is 3. The van der Waals surface area contributed by atoms with Crippen molar-refractivity contribution in [2.45, 2.75) is 19.0 Å². The monoisotopic (exact) mass is 301 g/mol. The molecule has 0 saturated carbocycles. The van der Waals surface area contributed by atoms with E-state index in [9.17, 15) is 22.8 Å². The third kappa shape index (κ3) is 3.53. The summed E-state index contributed by atoms with van der Waals surface area (Å²) in [7, 11) is 0. The quantitative estimate of drug-likeness (QED) is 0.931. The molecule has 0 bridgehead atoms. The summed E-state index contributed by atoms with van der Waals surface area (Å²) in [6.45, 7) is 0.326. The van der Waals surface area contributed by atoms with Gasteiger partial charge in [0, 0.05) is 13.1 Å². The van der Waals surface area contributed by atoms with E-state index in [4.69, 9.17) is 5.11 Å². The molecule has 1 aromatic rings. The minimum Gasteiger partial charge on any atom is -0.481 e. The first kappa shape index (κ1) is 15.3. The Morgan fingerprint density at radius 3 is 2.52 bits per heavy atom. The van der Waals surface area contributed by atoms with E-state index in [1.807, 2.05) is 0 Å². The molecule has 0 aliphatic carbocycles. The fourth-order valence-corrected chi connectivity index (χ4v) is 2.41. The summed E-state index contributed by atoms with van der Waals surface area (Å²) in [5, 5.41) is 8.87. The first-order chi connectivity index (χ1) is 9.79. The molecule has 1 fully saturated rings. The molecule has 21 heavy (non-hydrogen) atoms. The van der Waals surface area contributed by atoms with Crippen LogP contribution < -0.4 is 0 Å². The number of amides is 1. The number of carbonyl (C=O) groups is 2. The molecule has 1 aliphatic rings. The lowest BCUT2D eigenvalue weighted by atomic mass is 10.0. The first-order valence-electron chi connectivity index (χ1n) is 6.44. The van der Waals surface area contributed by atoms with Crippen LogP contribution in [0, 0.1) is 5.92 Å². The second-order valence-corrected chi connectivity index (χ2v) is 5.00. The van der Waals surface area contributed by atoms with Gasteiger partial charge in [0.15, 0.2) is 0 Å². The van der Waals surface area contributed by atoms with Gasteiger partial charge < -0.3 is 10.0 Å². The molecular formula is C14H14F3NO3. The van der Waals surface area contributed by atoms with Crippen molar-refractivity contribution in [2.24, 2.45) is 5.92 Å². The fraction of sp³-hybridized carbons (Fsp3) is 0.429. The van der Waals surface area contributed by atoms with Crippen LogP contribution in [0.2, 0.25) is 0 Å². The van der Waals surface area contributed by atoms with Gasteiger partial charge in [-0.3, -0.25) is 9.59 Å². The van der Waals surface area contributed by atoms with Crippen molar-refractivity contribution in [3.63, 3.8) is 0 Å². The third-order valence-corrected chi connectivity index (χ3v) is 3.55. The predicted molar refractivity (Wildman–Crippen MR) is 67.5 cm³/mol. The van der Waals surface area contributed by atoms with E-state index in [0.717, 1.165) is 6.07 Å². The molecule has 1 aliphatic heterocycles. The maximum absolute atomic E-state index is 12.8. The van der Waals surface area contributed by atoms with Gasteiger partial charge in [-0.25, -0.2) is 0 Å². The number of likely N-dealkylation sites (tertiary alicyclic amines) is 1. The number of aliphatic carboxylic acids is 1. The summed E-state index contributed by atoms with van der Waals surface area (Å²) >= 11 is 0. The van der Waals surface area contributed by atoms with Gasteiger partial charge in [-0.05, 0) is 18.1 Å². The van der Waals surface area contributed by atoms with Crippen LogP contribution in [0.25, 0.3) is 0 Å². The molecule has 0 unspecified atom stereocenters. The molecule has 7 heteroatoms. The number of rotatable bonds is 3. The van der Waals surface area contributed by atoms with Crippen molar-refractivity contribution in [1.82, 2.24) is 4.90 Å². The Labute approximate surface area is 119 Å². The molecule has 114 valence electrons. The summed E-state index contributed by atoms with van der Waals surface area (Å²) in [6.07, 6.45) is -4.55. The predicted octanol–water partition coefficient (Wildman–Crippen LogP) is 2.18. The second-order valence-electron chi connectivity index (χ2n) is 5.00. The number of hydrogen-bond acceptors (Lipinski definition) is 2. The minimum absolute atomic E-state index is 0.0579. The highest BCUT2D eigenvalue weighted by atomic mass is 19.4. The summed E-state index contributed by atoms with van der Waals surface area (Å²) in [4.78, 5) is 24.2. The van der Waals surface area contributed by atoms with Gasteiger partial charge in [0.25, 0.3) is 0 Å². The molecule has 1 aromatic carbocycles. The zero-order chi connectivity index (χ0) is 15.6. The normalized spacial score (nSPS) is 18.8. The van der Waals surface area contributed by atoms with E-state index in [2.05, 4.69) is 0 Å². The fourth-order valence-electron chi connectivity index (χ4n) is 2.41. The van der Waals surface area contributed by atoms with Crippen LogP contribution in [0.1, 0.15) is 17.5 Å². The van der Waals surface area contributed by atoms with Gasteiger partial charge in [-0.1, -0.05) is 18.2 Å². The lowest BCUT2D eigenvalue weighted by Crippen LogP contribution is -2.31. The molecule has 0 radical (unpaired) electrons. The maximum Gasteiger partial charge on any atom is 0.416 e. The topological polar surface area (TPSA) is 57.6 Å². The van der Waals surface area contributed by atoms with E-state index in [0.29, 0.717) is 6.42 Å². The third-order valence-electron chi connectivity index (χ3n) is 3.55. The van der Waals surface area contributed by atoms with Gasteiger partial charge >= 0.3 is 12.1 Å². The average molecular weight is 301 g/mol. The van der Waals surface area contributed by atoms with Crippen LogP contribution in [0.3, 0.4) is 0 Å².